The number of ether oxygens (including phenoxy) is 2. The van der Waals surface area contributed by atoms with E-state index in [1.54, 1.807) is 32.6 Å². The first-order chi connectivity index (χ1) is 19.5. The molecule has 3 aromatic rings. The number of hydrogen-bond donors (Lipinski definition) is 1. The predicted octanol–water partition coefficient (Wildman–Crippen LogP) is 4.83. The summed E-state index contributed by atoms with van der Waals surface area (Å²) in [4.78, 5) is 42.6. The summed E-state index contributed by atoms with van der Waals surface area (Å²) in [6.45, 7) is 9.55. The van der Waals surface area contributed by atoms with Crippen LogP contribution in [0.2, 0.25) is 0 Å². The molecule has 1 N–H and O–H groups in total. The number of aliphatic hydroxyl groups excluding tert-OH is 1. The molecule has 1 aliphatic heterocycles. The van der Waals surface area contributed by atoms with E-state index in [2.05, 4.69) is 0 Å². The Balaban J connectivity index is 1.74. The summed E-state index contributed by atoms with van der Waals surface area (Å²) >= 11 is 0. The van der Waals surface area contributed by atoms with Gasteiger partial charge in [0.2, 0.25) is 0 Å². The molecular weight excluding hydrogens is 522 g/mol. The van der Waals surface area contributed by atoms with Gasteiger partial charge in [0.05, 0.1) is 36.4 Å². The second-order valence-corrected chi connectivity index (χ2v) is 11.2. The summed E-state index contributed by atoms with van der Waals surface area (Å²) in [5.41, 5.74) is 3.14. The first kappa shape index (κ1) is 29.9. The van der Waals surface area contributed by atoms with Crippen molar-refractivity contribution in [1.82, 2.24) is 14.4 Å². The monoisotopic (exact) mass is 561 g/mol. The van der Waals surface area contributed by atoms with E-state index in [1.807, 2.05) is 78.2 Å². The van der Waals surface area contributed by atoms with Gasteiger partial charge >= 0.3 is 12.1 Å². The smallest absolute Gasteiger partial charge is 0.410 e. The molecule has 1 aromatic heterocycles. The number of aromatic nitrogens is 1. The van der Waals surface area contributed by atoms with Crippen molar-refractivity contribution in [3.63, 3.8) is 0 Å². The third kappa shape index (κ3) is 6.97. The van der Waals surface area contributed by atoms with Crippen molar-refractivity contribution in [2.75, 3.05) is 26.2 Å². The van der Waals surface area contributed by atoms with E-state index >= 15 is 0 Å². The van der Waals surface area contributed by atoms with Crippen molar-refractivity contribution in [3.8, 4) is 16.9 Å². The maximum Gasteiger partial charge on any atom is 0.410 e. The number of hydrogen-bond acceptors (Lipinski definition) is 6. The zero-order valence-corrected chi connectivity index (χ0v) is 24.4. The first-order valence-electron chi connectivity index (χ1n) is 14.0. The Labute approximate surface area is 241 Å². The van der Waals surface area contributed by atoms with Crippen LogP contribution in [0.3, 0.4) is 0 Å². The third-order valence-electron chi connectivity index (χ3n) is 6.93. The zero-order valence-electron chi connectivity index (χ0n) is 24.4. The Hall–Kier alpha value is -4.11. The van der Waals surface area contributed by atoms with E-state index in [-0.39, 0.29) is 38.6 Å². The third-order valence-corrected chi connectivity index (χ3v) is 6.93. The maximum atomic E-state index is 14.4. The topological polar surface area (TPSA) is 101 Å². The number of aryl methyl sites for hydroxylation is 1. The SMILES string of the molecule is CCOC(=O)CC(O)[C@@H]1CN(C(=O)OC(C)(C)C)CCN1C(=O)c1cc(C)n(-c2ccccc2)c1-c1ccccc1. The minimum atomic E-state index is -1.25. The highest BCUT2D eigenvalue weighted by Gasteiger charge is 2.40. The van der Waals surface area contributed by atoms with Gasteiger partial charge in [0.15, 0.2) is 0 Å². The summed E-state index contributed by atoms with van der Waals surface area (Å²) in [6.07, 6.45) is -2.09. The number of para-hydroxylation sites is 1. The molecule has 4 rings (SSSR count). The normalized spacial score (nSPS) is 16.3. The molecule has 9 heteroatoms. The van der Waals surface area contributed by atoms with Crippen molar-refractivity contribution in [3.05, 3.63) is 78.0 Å². The molecule has 2 atom stereocenters. The Morgan fingerprint density at radius 2 is 1.63 bits per heavy atom. The molecule has 1 aliphatic rings. The average Bonchev–Trinajstić information content (AvgIpc) is 3.29. The van der Waals surface area contributed by atoms with Crippen molar-refractivity contribution in [2.24, 2.45) is 0 Å². The minimum absolute atomic E-state index is 0.0142. The molecule has 218 valence electrons. The van der Waals surface area contributed by atoms with Gasteiger partial charge in [-0.25, -0.2) is 4.79 Å². The Kier molecular flexibility index (Phi) is 9.18. The average molecular weight is 562 g/mol. The van der Waals surface area contributed by atoms with Crippen LogP contribution in [0.4, 0.5) is 4.79 Å². The first-order valence-corrected chi connectivity index (χ1v) is 14.0. The van der Waals surface area contributed by atoms with E-state index in [4.69, 9.17) is 9.47 Å². The summed E-state index contributed by atoms with van der Waals surface area (Å²) in [7, 11) is 0. The maximum absolute atomic E-state index is 14.4. The number of carbonyl (C=O) groups is 3. The molecule has 41 heavy (non-hydrogen) atoms. The van der Waals surface area contributed by atoms with Gasteiger partial charge in [-0.2, -0.15) is 0 Å². The van der Waals surface area contributed by atoms with Gasteiger partial charge < -0.3 is 28.9 Å². The number of carbonyl (C=O) groups excluding carboxylic acids is 3. The molecule has 1 fully saturated rings. The number of rotatable bonds is 7. The van der Waals surface area contributed by atoms with Gasteiger partial charge in [0.25, 0.3) is 5.91 Å². The molecule has 0 bridgehead atoms. The lowest BCUT2D eigenvalue weighted by molar-refractivity contribution is -0.146. The van der Waals surface area contributed by atoms with Gasteiger partial charge in [0.1, 0.15) is 5.60 Å². The van der Waals surface area contributed by atoms with Crippen molar-refractivity contribution >= 4 is 18.0 Å². The lowest BCUT2D eigenvalue weighted by Crippen LogP contribution is -2.61. The summed E-state index contributed by atoms with van der Waals surface area (Å²) in [5, 5.41) is 11.2. The largest absolute Gasteiger partial charge is 0.466 e. The quantitative estimate of drug-likeness (QED) is 0.415. The number of esters is 1. The highest BCUT2D eigenvalue weighted by molar-refractivity contribution is 6.01. The van der Waals surface area contributed by atoms with Gasteiger partial charge in [0, 0.05) is 31.0 Å². The molecule has 1 unspecified atom stereocenters. The molecule has 0 radical (unpaired) electrons. The van der Waals surface area contributed by atoms with Crippen molar-refractivity contribution in [2.45, 2.75) is 58.8 Å². The van der Waals surface area contributed by atoms with Gasteiger partial charge in [-0.3, -0.25) is 9.59 Å². The zero-order chi connectivity index (χ0) is 29.7. The van der Waals surface area contributed by atoms with Crippen LogP contribution in [0.1, 0.15) is 50.2 Å². The number of piperazine rings is 1. The molecule has 9 nitrogen and oxygen atoms in total. The molecular formula is C32H39N3O6. The molecule has 2 heterocycles. The van der Waals surface area contributed by atoms with Crippen LogP contribution < -0.4 is 0 Å². The van der Waals surface area contributed by atoms with Gasteiger partial charge in [-0.15, -0.1) is 0 Å². The fraction of sp³-hybridized carbons (Fsp3) is 0.406. The van der Waals surface area contributed by atoms with Crippen LogP contribution in [-0.4, -0.2) is 81.4 Å². The highest BCUT2D eigenvalue weighted by Crippen LogP contribution is 2.33. The van der Waals surface area contributed by atoms with E-state index in [1.165, 1.54) is 4.90 Å². The van der Waals surface area contributed by atoms with E-state index in [0.29, 0.717) is 5.56 Å². The van der Waals surface area contributed by atoms with E-state index in [9.17, 15) is 19.5 Å². The van der Waals surface area contributed by atoms with Crippen LogP contribution in [0, 0.1) is 6.92 Å². The van der Waals surface area contributed by atoms with Crippen LogP contribution in [0.15, 0.2) is 66.7 Å². The lowest BCUT2D eigenvalue weighted by atomic mass is 10.00. The lowest BCUT2D eigenvalue weighted by Gasteiger charge is -2.43. The summed E-state index contributed by atoms with van der Waals surface area (Å²) in [6, 6.07) is 20.5. The Morgan fingerprint density at radius 1 is 1.00 bits per heavy atom. The van der Waals surface area contributed by atoms with Crippen LogP contribution in [0.25, 0.3) is 16.9 Å². The van der Waals surface area contributed by atoms with Gasteiger partial charge in [-0.05, 0) is 58.4 Å². The molecule has 1 saturated heterocycles. The number of nitrogens with zero attached hydrogens (tertiary/aromatic N) is 3. The number of aliphatic hydroxyl groups is 1. The number of amides is 2. The number of benzene rings is 2. The molecule has 0 aliphatic carbocycles. The fourth-order valence-corrected chi connectivity index (χ4v) is 5.16. The molecule has 0 spiro atoms. The fourth-order valence-electron chi connectivity index (χ4n) is 5.16. The van der Waals surface area contributed by atoms with E-state index < -0.39 is 29.8 Å². The Morgan fingerprint density at radius 3 is 2.24 bits per heavy atom. The van der Waals surface area contributed by atoms with Crippen LogP contribution >= 0.6 is 0 Å². The molecule has 2 amide bonds. The Bertz CT molecular complexity index is 1360. The standard InChI is InChI=1S/C32H39N3O6/c1-6-40-28(37)20-27(36)26-21-33(31(39)41-32(3,4)5)17-18-34(26)30(38)25-19-22(2)35(24-15-11-8-12-16-24)29(25)23-13-9-7-10-14-23/h7-16,19,26-27,36H,6,17-18,20-21H2,1-5H3/t26-,27?/m0/s1. The second kappa shape index (κ2) is 12.6. The van der Waals surface area contributed by atoms with Crippen LogP contribution in [0.5, 0.6) is 0 Å². The van der Waals surface area contributed by atoms with Crippen molar-refractivity contribution in [1.29, 1.82) is 0 Å². The minimum Gasteiger partial charge on any atom is -0.466 e. The summed E-state index contributed by atoms with van der Waals surface area (Å²) in [5.74, 6) is -0.865. The summed E-state index contributed by atoms with van der Waals surface area (Å²) < 4.78 is 12.7. The second-order valence-electron chi connectivity index (χ2n) is 11.2. The molecule has 0 saturated carbocycles. The highest BCUT2D eigenvalue weighted by atomic mass is 16.6. The van der Waals surface area contributed by atoms with Crippen molar-refractivity contribution < 1.29 is 29.0 Å². The predicted molar refractivity (Wildman–Crippen MR) is 156 cm³/mol. The van der Waals surface area contributed by atoms with E-state index in [0.717, 1.165) is 22.6 Å². The van der Waals surface area contributed by atoms with Gasteiger partial charge in [-0.1, -0.05) is 48.5 Å². The van der Waals surface area contributed by atoms with Crippen LogP contribution in [-0.2, 0) is 14.3 Å². The molecule has 2 aromatic carbocycles.